The Morgan fingerprint density at radius 2 is 2.08 bits per heavy atom. The second kappa shape index (κ2) is 7.98. The molecule has 3 rings (SSSR count). The summed E-state index contributed by atoms with van der Waals surface area (Å²) in [5, 5.41) is 1.19. The van der Waals surface area contributed by atoms with Gasteiger partial charge in [0.05, 0.1) is 17.6 Å². The Balaban J connectivity index is 2.22. The number of fused-ring (bicyclic) bond motifs is 3. The van der Waals surface area contributed by atoms with Crippen molar-refractivity contribution < 1.29 is 9.53 Å². The number of nitrogens with zero attached hydrogens (tertiary/aromatic N) is 2. The molecule has 4 nitrogen and oxygen atoms in total. The fourth-order valence-corrected chi connectivity index (χ4v) is 4.90. The fourth-order valence-electron chi connectivity index (χ4n) is 4.12. The third kappa shape index (κ3) is 3.27. The van der Waals surface area contributed by atoms with Gasteiger partial charge in [0.15, 0.2) is 0 Å². The first-order valence-electron chi connectivity index (χ1n) is 9.19. The summed E-state index contributed by atoms with van der Waals surface area (Å²) in [5.41, 5.74) is 3.82. The topological polar surface area (TPSA) is 34.5 Å². The van der Waals surface area contributed by atoms with Gasteiger partial charge in [0.1, 0.15) is 5.75 Å². The fraction of sp³-hybridized carbons (Fsp3) is 0.550. The van der Waals surface area contributed by atoms with Gasteiger partial charge in [0.25, 0.3) is 0 Å². The number of alkyl halides is 1. The van der Waals surface area contributed by atoms with Crippen LogP contribution in [0.1, 0.15) is 50.3 Å². The highest BCUT2D eigenvalue weighted by atomic mass is 127. The number of methoxy groups -OCH3 is 1. The average Bonchev–Trinajstić information content (AvgIpc) is 2.79. The molecule has 0 N–H and O–H groups in total. The van der Waals surface area contributed by atoms with Gasteiger partial charge in [-0.3, -0.25) is 4.79 Å². The van der Waals surface area contributed by atoms with Gasteiger partial charge in [0.2, 0.25) is 5.91 Å². The molecule has 1 aromatic heterocycles. The van der Waals surface area contributed by atoms with E-state index in [-0.39, 0.29) is 11.8 Å². The molecule has 1 unspecified atom stereocenters. The van der Waals surface area contributed by atoms with Gasteiger partial charge in [-0.15, -0.1) is 0 Å². The minimum atomic E-state index is -0.0313. The van der Waals surface area contributed by atoms with Crippen molar-refractivity contribution in [3.63, 3.8) is 0 Å². The number of amides is 1. The van der Waals surface area contributed by atoms with E-state index < -0.39 is 0 Å². The van der Waals surface area contributed by atoms with Gasteiger partial charge >= 0.3 is 0 Å². The molecular formula is C20H27IN2O2. The third-order valence-electron chi connectivity index (χ3n) is 5.42. The molecule has 1 atom stereocenters. The van der Waals surface area contributed by atoms with Gasteiger partial charge in [0, 0.05) is 29.7 Å². The van der Waals surface area contributed by atoms with E-state index in [0.29, 0.717) is 0 Å². The molecule has 0 bridgehead atoms. The average molecular weight is 454 g/mol. The minimum Gasteiger partial charge on any atom is -0.497 e. The van der Waals surface area contributed by atoms with E-state index in [2.05, 4.69) is 53.1 Å². The SMILES string of the molecule is CCN(CC)C(=O)C1CCCCc2c1c1cc(OC)ccc1n2CI. The Kier molecular flexibility index (Phi) is 5.92. The molecular weight excluding hydrogens is 427 g/mol. The molecule has 0 saturated carbocycles. The standard InChI is InChI=1S/C20H27IN2O2/c1-4-22(5-2)20(24)15-8-6-7-9-18-19(15)16-12-14(25-3)10-11-17(16)23(18)13-21/h10-12,15H,4-9,13H2,1-3H3. The summed E-state index contributed by atoms with van der Waals surface area (Å²) in [5.74, 6) is 1.11. The van der Waals surface area contributed by atoms with Crippen molar-refractivity contribution in [3.8, 4) is 5.75 Å². The van der Waals surface area contributed by atoms with Crippen molar-refractivity contribution in [1.29, 1.82) is 0 Å². The predicted molar refractivity (Wildman–Crippen MR) is 111 cm³/mol. The zero-order chi connectivity index (χ0) is 18.0. The van der Waals surface area contributed by atoms with Crippen LogP contribution in [0.3, 0.4) is 0 Å². The molecule has 1 amide bonds. The van der Waals surface area contributed by atoms with Crippen LogP contribution in [-0.4, -0.2) is 35.6 Å². The maximum absolute atomic E-state index is 13.3. The second-order valence-electron chi connectivity index (χ2n) is 6.60. The molecule has 0 fully saturated rings. The number of carbonyl (C=O) groups excluding carboxylic acids is 1. The van der Waals surface area contributed by atoms with E-state index in [0.717, 1.165) is 49.1 Å². The summed E-state index contributed by atoms with van der Waals surface area (Å²) in [6, 6.07) is 6.27. The van der Waals surface area contributed by atoms with E-state index in [4.69, 9.17) is 4.74 Å². The van der Waals surface area contributed by atoms with Crippen LogP contribution in [0.4, 0.5) is 0 Å². The summed E-state index contributed by atoms with van der Waals surface area (Å²) in [6.07, 6.45) is 4.26. The van der Waals surface area contributed by atoms with E-state index >= 15 is 0 Å². The first kappa shape index (κ1) is 18.5. The Labute approximate surface area is 163 Å². The number of benzene rings is 1. The Morgan fingerprint density at radius 1 is 1.32 bits per heavy atom. The number of hydrogen-bond donors (Lipinski definition) is 0. The lowest BCUT2D eigenvalue weighted by Gasteiger charge is -2.25. The van der Waals surface area contributed by atoms with Crippen LogP contribution < -0.4 is 4.74 Å². The number of likely N-dealkylation sites (N-methyl/N-ethyl adjacent to an activating group) is 1. The van der Waals surface area contributed by atoms with Gasteiger partial charge in [-0.05, 0) is 56.9 Å². The van der Waals surface area contributed by atoms with E-state index in [1.165, 1.54) is 22.2 Å². The van der Waals surface area contributed by atoms with Crippen LogP contribution in [0.15, 0.2) is 18.2 Å². The molecule has 0 saturated heterocycles. The quantitative estimate of drug-likeness (QED) is 0.372. The largest absolute Gasteiger partial charge is 0.497 e. The van der Waals surface area contributed by atoms with Crippen molar-refractivity contribution in [2.24, 2.45) is 0 Å². The molecule has 1 heterocycles. The number of aromatic nitrogens is 1. The number of hydrogen-bond acceptors (Lipinski definition) is 2. The van der Waals surface area contributed by atoms with Crippen LogP contribution in [0, 0.1) is 0 Å². The van der Waals surface area contributed by atoms with Crippen LogP contribution >= 0.6 is 22.6 Å². The van der Waals surface area contributed by atoms with E-state index in [9.17, 15) is 4.79 Å². The summed E-state index contributed by atoms with van der Waals surface area (Å²) < 4.78 is 8.76. The Hall–Kier alpha value is -1.24. The van der Waals surface area contributed by atoms with E-state index in [1.54, 1.807) is 7.11 Å². The highest BCUT2D eigenvalue weighted by molar-refractivity contribution is 14.1. The third-order valence-corrected chi connectivity index (χ3v) is 6.10. The normalized spacial score (nSPS) is 17.2. The zero-order valence-electron chi connectivity index (χ0n) is 15.3. The van der Waals surface area contributed by atoms with Crippen molar-refractivity contribution in [2.45, 2.75) is 50.0 Å². The van der Waals surface area contributed by atoms with Crippen molar-refractivity contribution in [3.05, 3.63) is 29.5 Å². The van der Waals surface area contributed by atoms with Crippen LogP contribution in [0.2, 0.25) is 0 Å². The number of rotatable bonds is 5. The number of carbonyl (C=O) groups is 1. The molecule has 1 aliphatic carbocycles. The molecule has 0 spiro atoms. The second-order valence-corrected chi connectivity index (χ2v) is 7.28. The van der Waals surface area contributed by atoms with Crippen LogP contribution in [-0.2, 0) is 15.8 Å². The Morgan fingerprint density at radius 3 is 2.72 bits per heavy atom. The molecule has 2 aromatic rings. The lowest BCUT2D eigenvalue weighted by atomic mass is 9.92. The number of halogens is 1. The maximum Gasteiger partial charge on any atom is 0.230 e. The monoisotopic (exact) mass is 454 g/mol. The molecule has 136 valence electrons. The highest BCUT2D eigenvalue weighted by Crippen LogP contribution is 2.40. The van der Waals surface area contributed by atoms with Gasteiger partial charge in [-0.2, -0.15) is 0 Å². The lowest BCUT2D eigenvalue weighted by molar-refractivity contribution is -0.132. The maximum atomic E-state index is 13.3. The van der Waals surface area contributed by atoms with Gasteiger partial charge < -0.3 is 14.2 Å². The van der Waals surface area contributed by atoms with Gasteiger partial charge in [-0.1, -0.05) is 29.0 Å². The number of ether oxygens (including phenoxy) is 1. The summed E-state index contributed by atoms with van der Waals surface area (Å²) in [4.78, 5) is 15.2. The van der Waals surface area contributed by atoms with Crippen molar-refractivity contribution >= 4 is 39.4 Å². The lowest BCUT2D eigenvalue weighted by Crippen LogP contribution is -2.35. The predicted octanol–water partition coefficient (Wildman–Crippen LogP) is 4.72. The van der Waals surface area contributed by atoms with Crippen molar-refractivity contribution in [1.82, 2.24) is 9.47 Å². The molecule has 0 radical (unpaired) electrons. The molecule has 25 heavy (non-hydrogen) atoms. The smallest absolute Gasteiger partial charge is 0.230 e. The van der Waals surface area contributed by atoms with Crippen LogP contribution in [0.25, 0.3) is 10.9 Å². The summed E-state index contributed by atoms with van der Waals surface area (Å²) in [6.45, 7) is 5.68. The van der Waals surface area contributed by atoms with Crippen molar-refractivity contribution in [2.75, 3.05) is 20.2 Å². The summed E-state index contributed by atoms with van der Waals surface area (Å²) >= 11 is 2.42. The molecule has 1 aromatic carbocycles. The molecule has 1 aliphatic rings. The molecule has 5 heteroatoms. The minimum absolute atomic E-state index is 0.0313. The Bertz CT molecular complexity index is 765. The van der Waals surface area contributed by atoms with E-state index in [1.807, 2.05) is 11.0 Å². The summed E-state index contributed by atoms with van der Waals surface area (Å²) in [7, 11) is 1.70. The molecule has 0 aliphatic heterocycles. The highest BCUT2D eigenvalue weighted by Gasteiger charge is 2.32. The van der Waals surface area contributed by atoms with Gasteiger partial charge in [-0.25, -0.2) is 0 Å². The zero-order valence-corrected chi connectivity index (χ0v) is 17.5. The van der Waals surface area contributed by atoms with Crippen LogP contribution in [0.5, 0.6) is 5.75 Å². The first-order valence-corrected chi connectivity index (χ1v) is 10.7. The first-order chi connectivity index (χ1) is 12.2.